The van der Waals surface area contributed by atoms with Gasteiger partial charge in [0.1, 0.15) is 43.7 Å². The Labute approximate surface area is 359 Å². The van der Waals surface area contributed by atoms with E-state index in [0.717, 1.165) is 62.3 Å². The molecule has 0 saturated carbocycles. The normalized spacial score (nSPS) is 34.8. The van der Waals surface area contributed by atoms with Crippen LogP contribution in [-0.2, 0) is 119 Å². The first-order valence-corrected chi connectivity index (χ1v) is 19.6. The second kappa shape index (κ2) is 22.5. The quantitative estimate of drug-likeness (QED) is 0.132. The molecule has 0 bridgehead atoms. The Balaban J connectivity index is 1.76. The van der Waals surface area contributed by atoms with Gasteiger partial charge in [0, 0.05) is 62.3 Å². The van der Waals surface area contributed by atoms with Gasteiger partial charge in [0.2, 0.25) is 0 Å². The predicted molar refractivity (Wildman–Crippen MR) is 194 cm³/mol. The second-order valence-electron chi connectivity index (χ2n) is 14.5. The molecule has 4 aliphatic heterocycles. The van der Waals surface area contributed by atoms with Crippen molar-refractivity contribution in [2.75, 3.05) is 19.8 Å². The van der Waals surface area contributed by atoms with E-state index >= 15 is 0 Å². The molecule has 25 heteroatoms. The van der Waals surface area contributed by atoms with Gasteiger partial charge in [-0.15, -0.1) is 0 Å². The van der Waals surface area contributed by atoms with Crippen LogP contribution in [0.25, 0.3) is 0 Å². The largest absolute Gasteiger partial charge is 0.463 e. The van der Waals surface area contributed by atoms with Crippen LogP contribution in [-0.4, -0.2) is 172 Å². The third-order valence-corrected chi connectivity index (χ3v) is 9.18. The van der Waals surface area contributed by atoms with Gasteiger partial charge in [-0.1, -0.05) is 0 Å². The molecule has 0 aromatic heterocycles. The Morgan fingerprint density at radius 2 is 0.714 bits per heavy atom. The van der Waals surface area contributed by atoms with E-state index in [4.69, 9.17) is 75.8 Å². The third kappa shape index (κ3) is 14.2. The Kier molecular flexibility index (Phi) is 18.1. The third-order valence-electron chi connectivity index (χ3n) is 9.18. The highest BCUT2D eigenvalue weighted by molar-refractivity contribution is 5.70. The minimum Gasteiger partial charge on any atom is -0.463 e. The van der Waals surface area contributed by atoms with E-state index in [1.165, 1.54) is 6.92 Å². The molecule has 4 rings (SSSR count). The van der Waals surface area contributed by atoms with E-state index in [1.54, 1.807) is 0 Å². The van der Waals surface area contributed by atoms with Gasteiger partial charge in [0.15, 0.2) is 67.9 Å². The van der Waals surface area contributed by atoms with Crippen molar-refractivity contribution in [2.45, 2.75) is 168 Å². The molecular weight excluding hydrogens is 856 g/mol. The predicted octanol–water partition coefficient (Wildman–Crippen LogP) is -1.03. The minimum atomic E-state index is -1.80. The average molecular weight is 909 g/mol. The fourth-order valence-electron chi connectivity index (χ4n) is 7.16. The van der Waals surface area contributed by atoms with Gasteiger partial charge in [-0.05, 0) is 6.92 Å². The molecule has 0 spiro atoms. The molecule has 4 aliphatic rings. The maximum Gasteiger partial charge on any atom is 0.303 e. The van der Waals surface area contributed by atoms with Crippen LogP contribution < -0.4 is 0 Å². The summed E-state index contributed by atoms with van der Waals surface area (Å²) < 4.78 is 91.6. The van der Waals surface area contributed by atoms with Crippen LogP contribution >= 0.6 is 0 Å². The Morgan fingerprint density at radius 3 is 1.13 bits per heavy atom. The van der Waals surface area contributed by atoms with Crippen LogP contribution in [0.4, 0.5) is 0 Å². The van der Waals surface area contributed by atoms with E-state index < -0.39 is 172 Å². The molecule has 63 heavy (non-hydrogen) atoms. The van der Waals surface area contributed by atoms with Gasteiger partial charge in [-0.2, -0.15) is 0 Å². The molecule has 4 fully saturated rings. The van der Waals surface area contributed by atoms with E-state index in [-0.39, 0.29) is 0 Å². The van der Waals surface area contributed by atoms with E-state index in [9.17, 15) is 43.2 Å². The summed E-state index contributed by atoms with van der Waals surface area (Å²) in [6, 6.07) is 0. The molecule has 354 valence electrons. The van der Waals surface area contributed by atoms with Gasteiger partial charge in [0.05, 0.1) is 6.61 Å². The summed E-state index contributed by atoms with van der Waals surface area (Å²) in [7, 11) is 0. The first kappa shape index (κ1) is 50.6. The van der Waals surface area contributed by atoms with Crippen molar-refractivity contribution in [2.24, 2.45) is 0 Å². The van der Waals surface area contributed by atoms with Crippen molar-refractivity contribution in [3.05, 3.63) is 0 Å². The van der Waals surface area contributed by atoms with Crippen molar-refractivity contribution >= 4 is 53.7 Å². The molecule has 0 N–H and O–H groups in total. The van der Waals surface area contributed by atoms with E-state index in [0.29, 0.717) is 0 Å². The maximum absolute atomic E-state index is 12.8. The lowest BCUT2D eigenvalue weighted by Crippen LogP contribution is -2.66. The number of hydrogen-bond donors (Lipinski definition) is 0. The van der Waals surface area contributed by atoms with Crippen LogP contribution in [0.3, 0.4) is 0 Å². The highest BCUT2D eigenvalue weighted by Gasteiger charge is 2.60. The van der Waals surface area contributed by atoms with Crippen molar-refractivity contribution < 1.29 is 119 Å². The zero-order valence-electron chi connectivity index (χ0n) is 36.1. The number of hydrogen-bond acceptors (Lipinski definition) is 25. The lowest BCUT2D eigenvalue weighted by atomic mass is 9.96. The first-order valence-electron chi connectivity index (χ1n) is 19.6. The van der Waals surface area contributed by atoms with Crippen LogP contribution in [0.1, 0.15) is 69.2 Å². The van der Waals surface area contributed by atoms with Crippen molar-refractivity contribution in [1.82, 2.24) is 0 Å². The van der Waals surface area contributed by atoms with E-state index in [2.05, 4.69) is 0 Å². The molecule has 4 saturated heterocycles. The van der Waals surface area contributed by atoms with Crippen LogP contribution in [0.5, 0.6) is 0 Å². The molecule has 4 heterocycles. The molecule has 0 amide bonds. The Bertz CT molecular complexity index is 1700. The topological polar surface area (TPSA) is 301 Å². The first-order chi connectivity index (χ1) is 29.5. The van der Waals surface area contributed by atoms with Crippen molar-refractivity contribution in [3.8, 4) is 0 Å². The fraction of sp³-hybridized carbons (Fsp3) is 0.763. The minimum absolute atomic E-state index is 0.563. The Hall–Kier alpha value is -5.05. The summed E-state index contributed by atoms with van der Waals surface area (Å²) in [4.78, 5) is 111. The lowest BCUT2D eigenvalue weighted by molar-refractivity contribution is -0.352. The average Bonchev–Trinajstić information content (AvgIpc) is 3.52. The van der Waals surface area contributed by atoms with Gasteiger partial charge in [-0.25, -0.2) is 0 Å². The molecule has 25 nitrogen and oxygen atoms in total. The Morgan fingerprint density at radius 1 is 0.365 bits per heavy atom. The van der Waals surface area contributed by atoms with Crippen molar-refractivity contribution in [3.63, 3.8) is 0 Å². The number of esters is 9. The number of carbonyl (C=O) groups is 9. The highest BCUT2D eigenvalue weighted by Crippen LogP contribution is 2.39. The van der Waals surface area contributed by atoms with Gasteiger partial charge >= 0.3 is 53.7 Å². The van der Waals surface area contributed by atoms with Gasteiger partial charge in [-0.3, -0.25) is 43.2 Å². The standard InChI is InChI=1S/C38H52O25/c1-14(39)48-11-24-27(51-16(3)41)30(54-19(6)44)33(56-21(8)46)36(60-24)50-13-26-29(53-18(5)43)32(35-37(61-26)59-23(10)58-35)63-38-34(57-22(9)47)31(55-20(7)45)28(52-17(4)42)25(62-38)12-49-15(2)40/h23-38H,11-13H2,1-10H3/t23?,24?,25?,26?,27-,28+,29-,30?,31?,32?,33?,34?,35?,36+,37+,38+/m0/s1. The fourth-order valence-corrected chi connectivity index (χ4v) is 7.16. The summed E-state index contributed by atoms with van der Waals surface area (Å²) in [5, 5.41) is 0. The SMILES string of the molecule is CC(=O)OCC1O[C@H](OC2C3OC(C)O[C@@H]3OC(CO[C@@H]3OC(COC(C)=O)[C@H](OC(C)=O)C(OC(C)=O)C3OC(C)=O)[C@@H]2OC(C)=O)C(OC(C)=O)C(OC(C)=O)[C@@H]1OC(C)=O. The molecule has 0 aliphatic carbocycles. The number of ether oxygens (including phenoxy) is 16. The molecule has 0 aromatic rings. The number of fused-ring (bicyclic) bond motifs is 1. The summed E-state index contributed by atoms with van der Waals surface area (Å²) in [6.07, 6.45) is -24.0. The highest BCUT2D eigenvalue weighted by atomic mass is 16.8. The van der Waals surface area contributed by atoms with Gasteiger partial charge in [0.25, 0.3) is 0 Å². The molecular formula is C38H52O25. The number of rotatable bonds is 16. The zero-order chi connectivity index (χ0) is 46.9. The van der Waals surface area contributed by atoms with Crippen molar-refractivity contribution in [1.29, 1.82) is 0 Å². The smallest absolute Gasteiger partial charge is 0.303 e. The summed E-state index contributed by atoms with van der Waals surface area (Å²) >= 11 is 0. The second-order valence-corrected chi connectivity index (χ2v) is 14.5. The summed E-state index contributed by atoms with van der Waals surface area (Å²) in [5.74, 6) is -7.79. The monoisotopic (exact) mass is 908 g/mol. The zero-order valence-corrected chi connectivity index (χ0v) is 36.1. The molecule has 0 radical (unpaired) electrons. The maximum atomic E-state index is 12.8. The van der Waals surface area contributed by atoms with Crippen LogP contribution in [0.2, 0.25) is 0 Å². The molecule has 0 aromatic carbocycles. The number of carbonyl (C=O) groups excluding carboxylic acids is 9. The molecule has 10 unspecified atom stereocenters. The van der Waals surface area contributed by atoms with E-state index in [1.807, 2.05) is 0 Å². The van der Waals surface area contributed by atoms with Gasteiger partial charge < -0.3 is 75.8 Å². The lowest BCUT2D eigenvalue weighted by Gasteiger charge is -2.48. The van der Waals surface area contributed by atoms with Crippen LogP contribution in [0, 0.1) is 0 Å². The van der Waals surface area contributed by atoms with Crippen LogP contribution in [0.15, 0.2) is 0 Å². The summed E-state index contributed by atoms with van der Waals surface area (Å²) in [6.45, 7) is 9.18. The molecule has 16 atom stereocenters. The summed E-state index contributed by atoms with van der Waals surface area (Å²) in [5.41, 5.74) is 0.